The lowest BCUT2D eigenvalue weighted by atomic mass is 10.1. The molecule has 2 rings (SSSR count). The number of rotatable bonds is 5. The molecule has 0 atom stereocenters. The molecular formula is C14H17N3O2. The second-order valence-corrected chi connectivity index (χ2v) is 4.61. The molecule has 0 spiro atoms. The van der Waals surface area contributed by atoms with Gasteiger partial charge in [0.2, 0.25) is 0 Å². The van der Waals surface area contributed by atoms with Crippen LogP contribution in [0, 0.1) is 6.92 Å². The molecule has 0 bridgehead atoms. The second kappa shape index (κ2) is 5.65. The van der Waals surface area contributed by atoms with Crippen molar-refractivity contribution in [1.29, 1.82) is 0 Å². The van der Waals surface area contributed by atoms with Crippen molar-refractivity contribution < 1.29 is 9.53 Å². The molecule has 1 aromatic carbocycles. The Balaban J connectivity index is 2.19. The number of ether oxygens (including phenoxy) is 1. The van der Waals surface area contributed by atoms with E-state index in [9.17, 15) is 4.79 Å². The van der Waals surface area contributed by atoms with E-state index in [1.165, 1.54) is 6.33 Å². The fourth-order valence-corrected chi connectivity index (χ4v) is 1.91. The van der Waals surface area contributed by atoms with Crippen molar-refractivity contribution in [2.24, 2.45) is 0 Å². The molecule has 0 fully saturated rings. The first-order valence-electron chi connectivity index (χ1n) is 6.19. The lowest BCUT2D eigenvalue weighted by Gasteiger charge is -2.13. The fraction of sp³-hybridized carbons (Fsp3) is 0.357. The highest BCUT2D eigenvalue weighted by atomic mass is 16.5. The SMILES string of the molecule is Cc1cccc(C=O)c1OCc1ncnn1C(C)C. The number of carbonyl (C=O) groups excluding carboxylic acids is 1. The summed E-state index contributed by atoms with van der Waals surface area (Å²) in [7, 11) is 0. The molecule has 2 aromatic rings. The quantitative estimate of drug-likeness (QED) is 0.774. The van der Waals surface area contributed by atoms with E-state index in [0.717, 1.165) is 17.7 Å². The Morgan fingerprint density at radius 1 is 1.42 bits per heavy atom. The van der Waals surface area contributed by atoms with Crippen LogP contribution in [0.15, 0.2) is 24.5 Å². The van der Waals surface area contributed by atoms with E-state index in [2.05, 4.69) is 10.1 Å². The molecule has 0 saturated carbocycles. The number of benzene rings is 1. The van der Waals surface area contributed by atoms with E-state index in [-0.39, 0.29) is 6.04 Å². The number of hydrogen-bond donors (Lipinski definition) is 0. The van der Waals surface area contributed by atoms with Crippen molar-refractivity contribution in [3.63, 3.8) is 0 Å². The summed E-state index contributed by atoms with van der Waals surface area (Å²) in [5.41, 5.74) is 1.48. The molecule has 1 heterocycles. The van der Waals surface area contributed by atoms with Crippen LogP contribution in [0.25, 0.3) is 0 Å². The summed E-state index contributed by atoms with van der Waals surface area (Å²) in [5, 5.41) is 4.15. The van der Waals surface area contributed by atoms with Gasteiger partial charge < -0.3 is 4.74 Å². The highest BCUT2D eigenvalue weighted by molar-refractivity contribution is 5.80. The molecule has 1 aromatic heterocycles. The zero-order valence-corrected chi connectivity index (χ0v) is 11.3. The molecule has 5 nitrogen and oxygen atoms in total. The van der Waals surface area contributed by atoms with Crippen LogP contribution in [-0.4, -0.2) is 21.1 Å². The molecule has 0 radical (unpaired) electrons. The molecule has 0 N–H and O–H groups in total. The number of para-hydroxylation sites is 1. The Morgan fingerprint density at radius 3 is 2.89 bits per heavy atom. The third-order valence-corrected chi connectivity index (χ3v) is 2.85. The van der Waals surface area contributed by atoms with Gasteiger partial charge in [-0.2, -0.15) is 5.10 Å². The van der Waals surface area contributed by atoms with Gasteiger partial charge in [-0.25, -0.2) is 9.67 Å². The van der Waals surface area contributed by atoms with Gasteiger partial charge in [-0.1, -0.05) is 12.1 Å². The van der Waals surface area contributed by atoms with Crippen LogP contribution in [0.4, 0.5) is 0 Å². The maximum Gasteiger partial charge on any atom is 0.165 e. The van der Waals surface area contributed by atoms with Gasteiger partial charge in [-0.3, -0.25) is 4.79 Å². The van der Waals surface area contributed by atoms with Gasteiger partial charge in [0.15, 0.2) is 12.1 Å². The summed E-state index contributed by atoms with van der Waals surface area (Å²) in [6.07, 6.45) is 2.31. The number of carbonyl (C=O) groups is 1. The highest BCUT2D eigenvalue weighted by Crippen LogP contribution is 2.23. The summed E-state index contributed by atoms with van der Waals surface area (Å²) in [6.45, 7) is 6.27. The van der Waals surface area contributed by atoms with E-state index in [4.69, 9.17) is 4.74 Å². The zero-order chi connectivity index (χ0) is 13.8. The molecule has 5 heteroatoms. The molecule has 0 aliphatic rings. The molecule has 0 aliphatic heterocycles. The Morgan fingerprint density at radius 2 is 2.21 bits per heavy atom. The van der Waals surface area contributed by atoms with Crippen LogP contribution in [0.1, 0.15) is 41.6 Å². The average molecular weight is 259 g/mol. The lowest BCUT2D eigenvalue weighted by Crippen LogP contribution is -2.11. The molecule has 0 saturated heterocycles. The molecule has 19 heavy (non-hydrogen) atoms. The van der Waals surface area contributed by atoms with Gasteiger partial charge in [0, 0.05) is 6.04 Å². The average Bonchev–Trinajstić information content (AvgIpc) is 2.85. The number of aryl methyl sites for hydroxylation is 1. The summed E-state index contributed by atoms with van der Waals surface area (Å²) in [4.78, 5) is 15.2. The minimum absolute atomic E-state index is 0.225. The summed E-state index contributed by atoms with van der Waals surface area (Å²) < 4.78 is 7.54. The molecule has 0 unspecified atom stereocenters. The van der Waals surface area contributed by atoms with Gasteiger partial charge in [0.1, 0.15) is 18.7 Å². The smallest absolute Gasteiger partial charge is 0.165 e. The second-order valence-electron chi connectivity index (χ2n) is 4.61. The van der Waals surface area contributed by atoms with E-state index >= 15 is 0 Å². The van der Waals surface area contributed by atoms with Gasteiger partial charge >= 0.3 is 0 Å². The Kier molecular flexibility index (Phi) is 3.94. The molecule has 100 valence electrons. The van der Waals surface area contributed by atoms with E-state index in [0.29, 0.717) is 17.9 Å². The maximum atomic E-state index is 11.0. The van der Waals surface area contributed by atoms with Crippen LogP contribution in [0.2, 0.25) is 0 Å². The number of aldehydes is 1. The van der Waals surface area contributed by atoms with Gasteiger partial charge in [-0.15, -0.1) is 0 Å². The van der Waals surface area contributed by atoms with Crippen molar-refractivity contribution in [3.05, 3.63) is 41.5 Å². The zero-order valence-electron chi connectivity index (χ0n) is 11.3. The van der Waals surface area contributed by atoms with Crippen molar-refractivity contribution in [2.75, 3.05) is 0 Å². The first kappa shape index (κ1) is 13.3. The van der Waals surface area contributed by atoms with E-state index in [1.807, 2.05) is 32.9 Å². The Bertz CT molecular complexity index is 576. The standard InChI is InChI=1S/C14H17N3O2/c1-10(2)17-13(15-9-16-17)8-19-14-11(3)5-4-6-12(14)7-18/h4-7,9-10H,8H2,1-3H3. The predicted octanol–water partition coefficient (Wildman–Crippen LogP) is 2.56. The van der Waals surface area contributed by atoms with E-state index in [1.54, 1.807) is 10.7 Å². The topological polar surface area (TPSA) is 57.0 Å². The van der Waals surface area contributed by atoms with Crippen LogP contribution in [0.5, 0.6) is 5.75 Å². The molecular weight excluding hydrogens is 242 g/mol. The minimum Gasteiger partial charge on any atom is -0.485 e. The van der Waals surface area contributed by atoms with Crippen LogP contribution in [0.3, 0.4) is 0 Å². The predicted molar refractivity (Wildman–Crippen MR) is 71.3 cm³/mol. The van der Waals surface area contributed by atoms with Gasteiger partial charge in [-0.05, 0) is 32.4 Å². The first-order chi connectivity index (χ1) is 9.13. The van der Waals surface area contributed by atoms with Crippen LogP contribution < -0.4 is 4.74 Å². The van der Waals surface area contributed by atoms with Crippen molar-refractivity contribution >= 4 is 6.29 Å². The highest BCUT2D eigenvalue weighted by Gasteiger charge is 2.11. The first-order valence-corrected chi connectivity index (χ1v) is 6.19. The number of hydrogen-bond acceptors (Lipinski definition) is 4. The Hall–Kier alpha value is -2.17. The molecule has 0 aliphatic carbocycles. The number of nitrogens with zero attached hydrogens (tertiary/aromatic N) is 3. The van der Waals surface area contributed by atoms with Gasteiger partial charge in [0.25, 0.3) is 0 Å². The summed E-state index contributed by atoms with van der Waals surface area (Å²) >= 11 is 0. The fourth-order valence-electron chi connectivity index (χ4n) is 1.91. The van der Waals surface area contributed by atoms with Gasteiger partial charge in [0.05, 0.1) is 5.56 Å². The monoisotopic (exact) mass is 259 g/mol. The molecule has 0 amide bonds. The normalized spacial score (nSPS) is 10.7. The lowest BCUT2D eigenvalue weighted by molar-refractivity contribution is 0.111. The Labute approximate surface area is 112 Å². The van der Waals surface area contributed by atoms with Crippen molar-refractivity contribution in [3.8, 4) is 5.75 Å². The van der Waals surface area contributed by atoms with Crippen molar-refractivity contribution in [2.45, 2.75) is 33.4 Å². The van der Waals surface area contributed by atoms with Crippen LogP contribution >= 0.6 is 0 Å². The maximum absolute atomic E-state index is 11.0. The van der Waals surface area contributed by atoms with E-state index < -0.39 is 0 Å². The largest absolute Gasteiger partial charge is 0.485 e. The summed E-state index contributed by atoms with van der Waals surface area (Å²) in [5.74, 6) is 1.35. The summed E-state index contributed by atoms with van der Waals surface area (Å²) in [6, 6.07) is 5.71. The number of aromatic nitrogens is 3. The van der Waals surface area contributed by atoms with Crippen molar-refractivity contribution in [1.82, 2.24) is 14.8 Å². The third kappa shape index (κ3) is 2.81. The van der Waals surface area contributed by atoms with Crippen LogP contribution in [-0.2, 0) is 6.61 Å². The third-order valence-electron chi connectivity index (χ3n) is 2.85. The minimum atomic E-state index is 0.225.